The Kier molecular flexibility index (Phi) is 3.99. The third-order valence-corrected chi connectivity index (χ3v) is 2.08. The van der Waals surface area contributed by atoms with Gasteiger partial charge in [0.05, 0.1) is 11.6 Å². The van der Waals surface area contributed by atoms with Gasteiger partial charge in [0.1, 0.15) is 12.0 Å². The summed E-state index contributed by atoms with van der Waals surface area (Å²) in [5, 5.41) is 2.76. The summed E-state index contributed by atoms with van der Waals surface area (Å²) in [4.78, 5) is 11.6. The highest BCUT2D eigenvalue weighted by atomic mass is 16.3. The van der Waals surface area contributed by atoms with Crippen LogP contribution in [-0.4, -0.2) is 11.9 Å². The minimum absolute atomic E-state index is 0.178. The van der Waals surface area contributed by atoms with Crippen LogP contribution in [0.25, 0.3) is 0 Å². The Hall–Kier alpha value is -1.69. The summed E-state index contributed by atoms with van der Waals surface area (Å²) in [6.07, 6.45) is 8.47. The molecular formula is C12H15NO2. The Morgan fingerprint density at radius 1 is 1.73 bits per heavy atom. The lowest BCUT2D eigenvalue weighted by atomic mass is 10.1. The molecule has 0 radical (unpaired) electrons. The zero-order chi connectivity index (χ0) is 11.3. The van der Waals surface area contributed by atoms with Crippen molar-refractivity contribution >= 4 is 5.91 Å². The van der Waals surface area contributed by atoms with Gasteiger partial charge in [-0.25, -0.2) is 0 Å². The first kappa shape index (κ1) is 11.4. The van der Waals surface area contributed by atoms with Gasteiger partial charge in [0.2, 0.25) is 0 Å². The lowest BCUT2D eigenvalue weighted by Gasteiger charge is -2.10. The molecule has 0 saturated heterocycles. The van der Waals surface area contributed by atoms with Gasteiger partial charge in [-0.2, -0.15) is 0 Å². The first-order chi connectivity index (χ1) is 7.17. The van der Waals surface area contributed by atoms with Crippen molar-refractivity contribution in [2.45, 2.75) is 32.7 Å². The molecule has 1 heterocycles. The summed E-state index contributed by atoms with van der Waals surface area (Å²) in [6, 6.07) is 1.49. The number of terminal acetylenes is 1. The molecule has 0 aliphatic carbocycles. The highest BCUT2D eigenvalue weighted by Crippen LogP contribution is 2.06. The Morgan fingerprint density at radius 2 is 2.47 bits per heavy atom. The van der Waals surface area contributed by atoms with Crippen molar-refractivity contribution in [1.29, 1.82) is 0 Å². The van der Waals surface area contributed by atoms with Crippen molar-refractivity contribution in [1.82, 2.24) is 5.32 Å². The molecule has 3 heteroatoms. The van der Waals surface area contributed by atoms with Gasteiger partial charge in [0.25, 0.3) is 5.91 Å². The molecule has 80 valence electrons. The van der Waals surface area contributed by atoms with Crippen molar-refractivity contribution in [2.24, 2.45) is 0 Å². The second kappa shape index (κ2) is 5.26. The first-order valence-electron chi connectivity index (χ1n) is 4.99. The number of aryl methyl sites for hydroxylation is 1. The summed E-state index contributed by atoms with van der Waals surface area (Å²) in [5.41, 5.74) is 0.517. The fourth-order valence-corrected chi connectivity index (χ4v) is 1.29. The maximum Gasteiger partial charge on any atom is 0.255 e. The number of nitrogens with one attached hydrogen (secondary N) is 1. The molecule has 15 heavy (non-hydrogen) atoms. The number of hydrogen-bond acceptors (Lipinski definition) is 2. The molecular weight excluding hydrogens is 190 g/mol. The molecule has 1 amide bonds. The van der Waals surface area contributed by atoms with E-state index < -0.39 is 0 Å². The smallest absolute Gasteiger partial charge is 0.255 e. The quantitative estimate of drug-likeness (QED) is 0.765. The molecule has 1 atom stereocenters. The van der Waals surface area contributed by atoms with Crippen molar-refractivity contribution in [2.75, 3.05) is 0 Å². The van der Waals surface area contributed by atoms with Gasteiger partial charge in [0.15, 0.2) is 0 Å². The standard InChI is InChI=1S/C12H15NO2/c1-4-6-11(5-2)13-12(14)10-7-9(3)15-8-10/h2,7-8,11H,4,6H2,1,3H3,(H,13,14). The summed E-state index contributed by atoms with van der Waals surface area (Å²) >= 11 is 0. The topological polar surface area (TPSA) is 42.2 Å². The lowest BCUT2D eigenvalue weighted by Crippen LogP contribution is -2.33. The van der Waals surface area contributed by atoms with Crippen molar-refractivity contribution < 1.29 is 9.21 Å². The van der Waals surface area contributed by atoms with Crippen molar-refractivity contribution in [3.05, 3.63) is 23.7 Å². The van der Waals surface area contributed by atoms with Gasteiger partial charge < -0.3 is 9.73 Å². The maximum absolute atomic E-state index is 11.6. The van der Waals surface area contributed by atoms with Crippen LogP contribution < -0.4 is 5.32 Å². The number of carbonyl (C=O) groups is 1. The summed E-state index contributed by atoms with van der Waals surface area (Å²) < 4.78 is 5.05. The van der Waals surface area contributed by atoms with Crippen LogP contribution in [0.4, 0.5) is 0 Å². The van der Waals surface area contributed by atoms with Gasteiger partial charge in [-0.1, -0.05) is 19.3 Å². The number of furan rings is 1. The van der Waals surface area contributed by atoms with E-state index in [0.29, 0.717) is 11.3 Å². The van der Waals surface area contributed by atoms with Gasteiger partial charge in [0, 0.05) is 0 Å². The SMILES string of the molecule is C#CC(CCC)NC(=O)c1coc(C)c1. The predicted octanol–water partition coefficient (Wildman–Crippen LogP) is 2.12. The number of amides is 1. The maximum atomic E-state index is 11.6. The van der Waals surface area contributed by atoms with E-state index in [1.54, 1.807) is 13.0 Å². The molecule has 1 aromatic rings. The minimum Gasteiger partial charge on any atom is -0.469 e. The van der Waals surface area contributed by atoms with Gasteiger partial charge in [-0.15, -0.1) is 6.42 Å². The van der Waals surface area contributed by atoms with Crippen LogP contribution in [0.1, 0.15) is 35.9 Å². The van der Waals surface area contributed by atoms with E-state index >= 15 is 0 Å². The van der Waals surface area contributed by atoms with Crippen LogP contribution in [-0.2, 0) is 0 Å². The molecule has 1 unspecified atom stereocenters. The molecule has 0 aliphatic heterocycles. The van der Waals surface area contributed by atoms with Crippen LogP contribution in [0.5, 0.6) is 0 Å². The Labute approximate surface area is 89.9 Å². The van der Waals surface area contributed by atoms with E-state index in [9.17, 15) is 4.79 Å². The fraction of sp³-hybridized carbons (Fsp3) is 0.417. The van der Waals surface area contributed by atoms with E-state index in [1.807, 2.05) is 6.92 Å². The molecule has 1 aromatic heterocycles. The minimum atomic E-state index is -0.197. The van der Waals surface area contributed by atoms with Crippen LogP contribution in [0, 0.1) is 19.3 Å². The molecule has 0 bridgehead atoms. The van der Waals surface area contributed by atoms with Gasteiger partial charge in [-0.05, 0) is 19.4 Å². The predicted molar refractivity (Wildman–Crippen MR) is 58.4 cm³/mol. The molecule has 1 rings (SSSR count). The Bertz CT molecular complexity index is 373. The van der Waals surface area contributed by atoms with Crippen LogP contribution in [0.3, 0.4) is 0 Å². The second-order valence-electron chi connectivity index (χ2n) is 3.43. The van der Waals surface area contributed by atoms with E-state index in [2.05, 4.69) is 11.2 Å². The molecule has 0 saturated carbocycles. The van der Waals surface area contributed by atoms with Crippen LogP contribution in [0.2, 0.25) is 0 Å². The molecule has 0 aliphatic rings. The fourth-order valence-electron chi connectivity index (χ4n) is 1.29. The molecule has 0 spiro atoms. The van der Waals surface area contributed by atoms with E-state index in [0.717, 1.165) is 12.8 Å². The monoisotopic (exact) mass is 205 g/mol. The number of rotatable bonds is 4. The highest BCUT2D eigenvalue weighted by molar-refractivity contribution is 5.94. The molecule has 1 N–H and O–H groups in total. The molecule has 0 fully saturated rings. The average molecular weight is 205 g/mol. The first-order valence-corrected chi connectivity index (χ1v) is 4.99. The van der Waals surface area contributed by atoms with Crippen LogP contribution in [0.15, 0.2) is 16.7 Å². The highest BCUT2D eigenvalue weighted by Gasteiger charge is 2.12. The molecule has 0 aromatic carbocycles. The summed E-state index contributed by atoms with van der Waals surface area (Å²) in [6.45, 7) is 3.82. The van der Waals surface area contributed by atoms with Crippen molar-refractivity contribution in [3.63, 3.8) is 0 Å². The number of carbonyl (C=O) groups excluding carboxylic acids is 1. The van der Waals surface area contributed by atoms with Crippen LogP contribution >= 0.6 is 0 Å². The lowest BCUT2D eigenvalue weighted by molar-refractivity contribution is 0.0943. The number of hydrogen-bond donors (Lipinski definition) is 1. The Morgan fingerprint density at radius 3 is 2.93 bits per heavy atom. The second-order valence-corrected chi connectivity index (χ2v) is 3.43. The van der Waals surface area contributed by atoms with Gasteiger partial charge >= 0.3 is 0 Å². The average Bonchev–Trinajstić information content (AvgIpc) is 2.64. The Balaban J connectivity index is 2.59. The van der Waals surface area contributed by atoms with E-state index in [1.165, 1.54) is 6.26 Å². The van der Waals surface area contributed by atoms with Crippen molar-refractivity contribution in [3.8, 4) is 12.3 Å². The van der Waals surface area contributed by atoms with Gasteiger partial charge in [-0.3, -0.25) is 4.79 Å². The molecule has 3 nitrogen and oxygen atoms in total. The normalized spacial score (nSPS) is 11.8. The zero-order valence-electron chi connectivity index (χ0n) is 9.04. The van der Waals surface area contributed by atoms with E-state index in [-0.39, 0.29) is 11.9 Å². The van der Waals surface area contributed by atoms with E-state index in [4.69, 9.17) is 10.8 Å². The zero-order valence-corrected chi connectivity index (χ0v) is 9.04. The third-order valence-electron chi connectivity index (χ3n) is 2.08. The summed E-state index contributed by atoms with van der Waals surface area (Å²) in [7, 11) is 0. The largest absolute Gasteiger partial charge is 0.469 e. The third kappa shape index (κ3) is 3.17. The summed E-state index contributed by atoms with van der Waals surface area (Å²) in [5.74, 6) is 3.09.